The topological polar surface area (TPSA) is 52.4 Å². The molecule has 2 rings (SSSR count). The average molecular weight is 365 g/mol. The molecule has 0 radical (unpaired) electrons. The summed E-state index contributed by atoms with van der Waals surface area (Å²) in [6.45, 7) is 12.4. The molecular formula is C23H27NO3. The number of hydrogen-bond acceptors (Lipinski definition) is 3. The van der Waals surface area contributed by atoms with Crippen molar-refractivity contribution in [2.45, 2.75) is 46.1 Å². The van der Waals surface area contributed by atoms with Gasteiger partial charge in [0.2, 0.25) is 0 Å². The van der Waals surface area contributed by atoms with Crippen LogP contribution in [0.4, 0.5) is 5.69 Å². The second kappa shape index (κ2) is 8.67. The van der Waals surface area contributed by atoms with Crippen LogP contribution < -0.4 is 4.74 Å². The molecule has 0 aliphatic carbocycles. The summed E-state index contributed by atoms with van der Waals surface area (Å²) in [5.41, 5.74) is 4.07. The Kier molecular flexibility index (Phi) is 6.56. The fourth-order valence-corrected chi connectivity index (χ4v) is 2.65. The Morgan fingerprint density at radius 3 is 2.30 bits per heavy atom. The van der Waals surface area contributed by atoms with Crippen molar-refractivity contribution in [3.05, 3.63) is 93.6 Å². The lowest BCUT2D eigenvalue weighted by atomic mass is 9.94. The Labute approximate surface area is 161 Å². The molecule has 0 heterocycles. The zero-order chi connectivity index (χ0) is 20.0. The molecule has 0 unspecified atom stereocenters. The van der Waals surface area contributed by atoms with E-state index in [9.17, 15) is 10.1 Å². The van der Waals surface area contributed by atoms with Crippen LogP contribution >= 0.6 is 0 Å². The smallest absolute Gasteiger partial charge is 0.269 e. The Balaban J connectivity index is 1.95. The minimum absolute atomic E-state index is 0.115. The van der Waals surface area contributed by atoms with Crippen molar-refractivity contribution >= 4 is 5.69 Å². The highest BCUT2D eigenvalue weighted by Gasteiger charge is 2.23. The Bertz CT molecular complexity index is 831. The summed E-state index contributed by atoms with van der Waals surface area (Å²) in [5, 5.41) is 10.7. The molecule has 27 heavy (non-hydrogen) atoms. The number of aryl methyl sites for hydroxylation is 1. The van der Waals surface area contributed by atoms with Gasteiger partial charge in [0.1, 0.15) is 11.4 Å². The van der Waals surface area contributed by atoms with Gasteiger partial charge in [-0.3, -0.25) is 10.1 Å². The third kappa shape index (κ3) is 6.10. The van der Waals surface area contributed by atoms with Gasteiger partial charge in [0.25, 0.3) is 5.69 Å². The molecule has 0 aliphatic rings. The van der Waals surface area contributed by atoms with Crippen molar-refractivity contribution in [1.29, 1.82) is 0 Å². The molecule has 0 saturated carbocycles. The molecule has 4 nitrogen and oxygen atoms in total. The van der Waals surface area contributed by atoms with Crippen molar-refractivity contribution in [2.24, 2.45) is 0 Å². The van der Waals surface area contributed by atoms with E-state index in [1.54, 1.807) is 24.3 Å². The molecule has 0 amide bonds. The highest BCUT2D eigenvalue weighted by molar-refractivity contribution is 5.34. The number of rotatable bonds is 8. The second-order valence-electron chi connectivity index (χ2n) is 7.38. The highest BCUT2D eigenvalue weighted by Crippen LogP contribution is 2.27. The molecule has 2 aromatic rings. The fraction of sp³-hybridized carbons (Fsp3) is 0.304. The van der Waals surface area contributed by atoms with Gasteiger partial charge in [-0.25, -0.2) is 0 Å². The number of allylic oxidation sites excluding steroid dienone is 2. The van der Waals surface area contributed by atoms with Crippen molar-refractivity contribution in [2.75, 3.05) is 0 Å². The van der Waals surface area contributed by atoms with E-state index in [0.717, 1.165) is 29.7 Å². The van der Waals surface area contributed by atoms with Crippen LogP contribution in [0.2, 0.25) is 0 Å². The number of hydrogen-bond donors (Lipinski definition) is 0. The summed E-state index contributed by atoms with van der Waals surface area (Å²) in [4.78, 5) is 10.3. The maximum Gasteiger partial charge on any atom is 0.269 e. The van der Waals surface area contributed by atoms with E-state index in [1.165, 1.54) is 11.1 Å². The summed E-state index contributed by atoms with van der Waals surface area (Å²) < 4.78 is 6.11. The average Bonchev–Trinajstić information content (AvgIpc) is 2.62. The first kappa shape index (κ1) is 20.4. The Morgan fingerprint density at radius 1 is 1.15 bits per heavy atom. The van der Waals surface area contributed by atoms with E-state index < -0.39 is 5.60 Å². The molecule has 4 heteroatoms. The zero-order valence-electron chi connectivity index (χ0n) is 16.5. The zero-order valence-corrected chi connectivity index (χ0v) is 16.5. The number of nitrogens with zero attached hydrogens (tertiary/aromatic N) is 1. The van der Waals surface area contributed by atoms with E-state index in [2.05, 4.69) is 19.6 Å². The molecule has 0 saturated heterocycles. The lowest BCUT2D eigenvalue weighted by molar-refractivity contribution is -0.384. The second-order valence-corrected chi connectivity index (χ2v) is 7.38. The van der Waals surface area contributed by atoms with Gasteiger partial charge < -0.3 is 4.74 Å². The minimum Gasteiger partial charge on any atom is -0.484 e. The Morgan fingerprint density at radius 2 is 1.74 bits per heavy atom. The van der Waals surface area contributed by atoms with Crippen molar-refractivity contribution in [3.8, 4) is 5.75 Å². The minimum atomic E-state index is -0.473. The molecule has 0 aromatic heterocycles. The van der Waals surface area contributed by atoms with Crippen LogP contribution in [0.3, 0.4) is 0 Å². The fourth-order valence-electron chi connectivity index (χ4n) is 2.65. The lowest BCUT2D eigenvalue weighted by Gasteiger charge is -2.28. The molecule has 0 fully saturated rings. The maximum atomic E-state index is 10.7. The lowest BCUT2D eigenvalue weighted by Crippen LogP contribution is -2.30. The number of non-ortho nitro benzene ring substituents is 1. The van der Waals surface area contributed by atoms with Gasteiger partial charge in [-0.1, -0.05) is 48.1 Å². The quantitative estimate of drug-likeness (QED) is 0.318. The van der Waals surface area contributed by atoms with Crippen LogP contribution in [0.1, 0.15) is 38.3 Å². The van der Waals surface area contributed by atoms with Crippen LogP contribution in [0.15, 0.2) is 72.3 Å². The molecule has 0 N–H and O–H groups in total. The molecule has 0 aliphatic heterocycles. The molecular weight excluding hydrogens is 338 g/mol. The monoisotopic (exact) mass is 365 g/mol. The van der Waals surface area contributed by atoms with Gasteiger partial charge in [0, 0.05) is 12.1 Å². The van der Waals surface area contributed by atoms with E-state index >= 15 is 0 Å². The van der Waals surface area contributed by atoms with E-state index in [1.807, 2.05) is 45.0 Å². The maximum absolute atomic E-state index is 10.7. The van der Waals surface area contributed by atoms with Crippen LogP contribution in [0.25, 0.3) is 0 Å². The summed E-state index contributed by atoms with van der Waals surface area (Å²) in [6, 6.07) is 14.7. The molecule has 0 atom stereocenters. The molecule has 142 valence electrons. The summed E-state index contributed by atoms with van der Waals surface area (Å²) >= 11 is 0. The van der Waals surface area contributed by atoms with E-state index in [4.69, 9.17) is 4.74 Å². The van der Waals surface area contributed by atoms with E-state index in [-0.39, 0.29) is 10.6 Å². The number of ether oxygens (including phenoxy) is 1. The van der Waals surface area contributed by atoms with Crippen LogP contribution in [-0.2, 0) is 6.42 Å². The van der Waals surface area contributed by atoms with Crippen molar-refractivity contribution in [1.82, 2.24) is 0 Å². The first-order valence-electron chi connectivity index (χ1n) is 9.00. The Hall–Kier alpha value is -2.88. The molecule has 2 aromatic carbocycles. The highest BCUT2D eigenvalue weighted by atomic mass is 16.6. The number of nitro benzene ring substituents is 1. The summed E-state index contributed by atoms with van der Waals surface area (Å²) in [7, 11) is 0. The summed E-state index contributed by atoms with van der Waals surface area (Å²) in [6.07, 6.45) is 3.62. The third-order valence-electron chi connectivity index (χ3n) is 4.57. The third-order valence-corrected chi connectivity index (χ3v) is 4.57. The van der Waals surface area contributed by atoms with Gasteiger partial charge in [-0.2, -0.15) is 0 Å². The standard InChI is InChI=1S/C23H27NO3/c1-17-7-14-22(15-8-17)27-23(4,5)19(3)9-6-18(2)16-20-10-12-21(13-11-20)24(25)26/h6-8,10-15H,3,9,16H2,1-2,4-5H3/b18-6+. The number of nitro groups is 1. The predicted octanol–water partition coefficient (Wildman–Crippen LogP) is 6.20. The SMILES string of the molecule is C=C(C/C=C(\C)Cc1ccc([N+](=O)[O-])cc1)C(C)(C)Oc1ccc(C)cc1. The molecule has 0 bridgehead atoms. The summed E-state index contributed by atoms with van der Waals surface area (Å²) in [5.74, 6) is 0.832. The first-order valence-corrected chi connectivity index (χ1v) is 9.00. The van der Waals surface area contributed by atoms with Gasteiger partial charge >= 0.3 is 0 Å². The van der Waals surface area contributed by atoms with Crippen molar-refractivity contribution < 1.29 is 9.66 Å². The molecule has 0 spiro atoms. The predicted molar refractivity (Wildman–Crippen MR) is 110 cm³/mol. The number of benzene rings is 2. The van der Waals surface area contributed by atoms with Crippen LogP contribution in [-0.4, -0.2) is 10.5 Å². The van der Waals surface area contributed by atoms with Gasteiger partial charge in [0.15, 0.2) is 0 Å². The van der Waals surface area contributed by atoms with Crippen LogP contribution in [0.5, 0.6) is 5.75 Å². The van der Waals surface area contributed by atoms with Crippen molar-refractivity contribution in [3.63, 3.8) is 0 Å². The normalized spacial score (nSPS) is 11.9. The van der Waals surface area contributed by atoms with Gasteiger partial charge in [-0.05, 0) is 63.8 Å². The van der Waals surface area contributed by atoms with E-state index in [0.29, 0.717) is 0 Å². The van der Waals surface area contributed by atoms with Gasteiger partial charge in [-0.15, -0.1) is 0 Å². The first-order chi connectivity index (χ1) is 12.7. The largest absolute Gasteiger partial charge is 0.484 e. The van der Waals surface area contributed by atoms with Crippen LogP contribution in [0, 0.1) is 17.0 Å². The van der Waals surface area contributed by atoms with Gasteiger partial charge in [0.05, 0.1) is 4.92 Å².